The van der Waals surface area contributed by atoms with Gasteiger partial charge in [-0.1, -0.05) is 20.8 Å². The first-order chi connectivity index (χ1) is 13.7. The molecule has 1 aromatic heterocycles. The average molecular weight is 415 g/mol. The van der Waals surface area contributed by atoms with Crippen LogP contribution in [-0.4, -0.2) is 40.9 Å². The third-order valence-corrected chi connectivity index (χ3v) is 6.80. The maximum atomic E-state index is 12.5. The van der Waals surface area contributed by atoms with Crippen LogP contribution in [0.4, 0.5) is 5.69 Å². The van der Waals surface area contributed by atoms with Crippen molar-refractivity contribution in [2.75, 3.05) is 30.2 Å². The van der Waals surface area contributed by atoms with Crippen molar-refractivity contribution in [1.29, 1.82) is 0 Å². The molecule has 3 heterocycles. The lowest BCUT2D eigenvalue weighted by Gasteiger charge is -2.39. The number of aromatic carboxylic acids is 1. The predicted octanol–water partition coefficient (Wildman–Crippen LogP) is 3.88. The Labute approximate surface area is 174 Å². The van der Waals surface area contributed by atoms with Crippen LogP contribution < -0.4 is 15.1 Å². The summed E-state index contributed by atoms with van der Waals surface area (Å²) in [7, 11) is 1.66. The van der Waals surface area contributed by atoms with Crippen molar-refractivity contribution in [3.8, 4) is 17.0 Å². The lowest BCUT2D eigenvalue weighted by atomic mass is 9.78. The number of pyridine rings is 1. The first-order valence-corrected chi connectivity index (χ1v) is 10.9. The van der Waals surface area contributed by atoms with Crippen LogP contribution in [0, 0.1) is 5.41 Å². The molecule has 0 amide bonds. The second-order valence-corrected chi connectivity index (χ2v) is 9.79. The third-order valence-electron chi connectivity index (χ3n) is 5.83. The third kappa shape index (κ3) is 3.41. The predicted molar refractivity (Wildman–Crippen MR) is 117 cm³/mol. The summed E-state index contributed by atoms with van der Waals surface area (Å²) in [6, 6.07) is 5.69. The van der Waals surface area contributed by atoms with E-state index in [-0.39, 0.29) is 17.0 Å². The van der Waals surface area contributed by atoms with Crippen molar-refractivity contribution >= 4 is 23.4 Å². The molecule has 0 saturated carbocycles. The minimum Gasteiger partial charge on any atom is -0.495 e. The Kier molecular flexibility index (Phi) is 4.89. The van der Waals surface area contributed by atoms with Crippen LogP contribution in [-0.2, 0) is 6.42 Å². The fourth-order valence-corrected chi connectivity index (χ4v) is 5.21. The molecule has 7 heteroatoms. The van der Waals surface area contributed by atoms with Crippen LogP contribution in [0.1, 0.15) is 42.7 Å². The molecule has 0 aliphatic carbocycles. The van der Waals surface area contributed by atoms with Gasteiger partial charge in [-0.3, -0.25) is 4.79 Å². The summed E-state index contributed by atoms with van der Waals surface area (Å²) in [5.41, 5.74) is 3.17. The maximum absolute atomic E-state index is 12.5. The zero-order valence-electron chi connectivity index (χ0n) is 17.2. The standard InChI is InChI=1S/C22H26N2O4S/c1-22(2,3)20-8-13-7-17(23-5-6-29-12-23)19(28-4)9-14(13)16-10-18(25)15(21(26)27)11-24(16)20/h7,9-11,20H,5-6,8,12H2,1-4H3,(H,26,27). The van der Waals surface area contributed by atoms with Gasteiger partial charge in [0.15, 0.2) is 5.43 Å². The number of thioether (sulfide) groups is 1. The van der Waals surface area contributed by atoms with Crippen molar-refractivity contribution in [2.24, 2.45) is 5.41 Å². The number of hydrogen-bond donors (Lipinski definition) is 1. The summed E-state index contributed by atoms with van der Waals surface area (Å²) < 4.78 is 7.66. The number of aromatic nitrogens is 1. The number of carboxylic acid groups (broad SMARTS) is 1. The van der Waals surface area contributed by atoms with E-state index in [1.54, 1.807) is 7.11 Å². The molecule has 154 valence electrons. The number of rotatable bonds is 3. The molecule has 0 bridgehead atoms. The average Bonchev–Trinajstić information content (AvgIpc) is 3.19. The molecule has 2 aromatic rings. The van der Waals surface area contributed by atoms with Crippen molar-refractivity contribution < 1.29 is 14.6 Å². The molecule has 2 aliphatic rings. The van der Waals surface area contributed by atoms with E-state index in [1.165, 1.54) is 17.8 Å². The van der Waals surface area contributed by atoms with E-state index in [9.17, 15) is 14.7 Å². The molecule has 4 rings (SSSR count). The Bertz CT molecular complexity index is 1030. The zero-order chi connectivity index (χ0) is 20.9. The lowest BCUT2D eigenvalue weighted by molar-refractivity contribution is 0.0693. The van der Waals surface area contributed by atoms with Gasteiger partial charge in [-0.25, -0.2) is 4.79 Å². The van der Waals surface area contributed by atoms with Gasteiger partial charge in [0.2, 0.25) is 0 Å². The molecule has 1 fully saturated rings. The second kappa shape index (κ2) is 7.13. The number of benzene rings is 1. The maximum Gasteiger partial charge on any atom is 0.341 e. The van der Waals surface area contributed by atoms with Crippen molar-refractivity contribution in [3.63, 3.8) is 0 Å². The summed E-state index contributed by atoms with van der Waals surface area (Å²) in [5.74, 6) is 1.63. The Morgan fingerprint density at radius 1 is 1.28 bits per heavy atom. The molecule has 6 nitrogen and oxygen atoms in total. The Hall–Kier alpha value is -2.41. The van der Waals surface area contributed by atoms with Gasteiger partial charge in [-0.15, -0.1) is 11.8 Å². The Morgan fingerprint density at radius 2 is 2.03 bits per heavy atom. The van der Waals surface area contributed by atoms with E-state index in [4.69, 9.17) is 4.74 Å². The molecule has 1 N–H and O–H groups in total. The van der Waals surface area contributed by atoms with E-state index in [0.29, 0.717) is 0 Å². The molecule has 29 heavy (non-hydrogen) atoms. The summed E-state index contributed by atoms with van der Waals surface area (Å²) in [6.07, 6.45) is 2.28. The van der Waals surface area contributed by atoms with Gasteiger partial charge >= 0.3 is 5.97 Å². The monoisotopic (exact) mass is 414 g/mol. The van der Waals surface area contributed by atoms with Crippen molar-refractivity contribution in [2.45, 2.75) is 33.2 Å². The number of ether oxygens (including phenoxy) is 1. The second-order valence-electron chi connectivity index (χ2n) is 8.72. The number of hydrogen-bond acceptors (Lipinski definition) is 5. The highest BCUT2D eigenvalue weighted by Crippen LogP contribution is 2.46. The number of methoxy groups -OCH3 is 1. The van der Waals surface area contributed by atoms with Gasteiger partial charge in [0, 0.05) is 36.2 Å². The Balaban J connectivity index is 1.95. The van der Waals surface area contributed by atoms with Crippen LogP contribution in [0.3, 0.4) is 0 Å². The highest BCUT2D eigenvalue weighted by Gasteiger charge is 2.34. The van der Waals surface area contributed by atoms with Crippen molar-refractivity contribution in [3.05, 3.63) is 45.7 Å². The van der Waals surface area contributed by atoms with Crippen LogP contribution in [0.25, 0.3) is 11.3 Å². The van der Waals surface area contributed by atoms with Gasteiger partial charge < -0.3 is 19.3 Å². The Morgan fingerprint density at radius 3 is 2.62 bits per heavy atom. The van der Waals surface area contributed by atoms with Crippen LogP contribution in [0.5, 0.6) is 5.75 Å². The lowest BCUT2D eigenvalue weighted by Crippen LogP contribution is -2.33. The molecule has 1 atom stereocenters. The number of fused-ring (bicyclic) bond motifs is 3. The van der Waals surface area contributed by atoms with E-state index in [1.807, 2.05) is 22.4 Å². The molecule has 0 spiro atoms. The highest BCUT2D eigenvalue weighted by atomic mass is 32.2. The first-order valence-electron chi connectivity index (χ1n) is 9.74. The molecular weight excluding hydrogens is 388 g/mol. The molecule has 1 aromatic carbocycles. The number of carboxylic acids is 1. The number of carbonyl (C=O) groups is 1. The van der Waals surface area contributed by atoms with Gasteiger partial charge in [0.1, 0.15) is 11.3 Å². The number of nitrogens with zero attached hydrogens (tertiary/aromatic N) is 2. The molecule has 0 radical (unpaired) electrons. The minimum atomic E-state index is -1.19. The van der Waals surface area contributed by atoms with E-state index >= 15 is 0 Å². The highest BCUT2D eigenvalue weighted by molar-refractivity contribution is 7.99. The van der Waals surface area contributed by atoms with Crippen LogP contribution >= 0.6 is 11.8 Å². The van der Waals surface area contributed by atoms with Crippen molar-refractivity contribution in [1.82, 2.24) is 4.57 Å². The zero-order valence-corrected chi connectivity index (χ0v) is 18.0. The van der Waals surface area contributed by atoms with E-state index < -0.39 is 11.4 Å². The largest absolute Gasteiger partial charge is 0.495 e. The first kappa shape index (κ1) is 19.9. The molecule has 2 aliphatic heterocycles. The summed E-state index contributed by atoms with van der Waals surface area (Å²) in [4.78, 5) is 26.4. The normalized spacial score (nSPS) is 18.3. The van der Waals surface area contributed by atoms with Gasteiger partial charge in [-0.05, 0) is 29.5 Å². The van der Waals surface area contributed by atoms with Crippen LogP contribution in [0.15, 0.2) is 29.2 Å². The SMILES string of the molecule is COc1cc2c(cc1N1CCSC1)CC(C(C)(C)C)n1cc(C(=O)O)c(=O)cc1-2. The quantitative estimate of drug-likeness (QED) is 0.822. The van der Waals surface area contributed by atoms with E-state index in [2.05, 4.69) is 31.7 Å². The van der Waals surface area contributed by atoms with Gasteiger partial charge in [0.25, 0.3) is 0 Å². The fourth-order valence-electron chi connectivity index (χ4n) is 4.25. The summed E-state index contributed by atoms with van der Waals surface area (Å²) in [6.45, 7) is 7.42. The smallest absolute Gasteiger partial charge is 0.341 e. The van der Waals surface area contributed by atoms with Gasteiger partial charge in [0.05, 0.1) is 24.4 Å². The number of anilines is 1. The molecular formula is C22H26N2O4S. The molecule has 1 unspecified atom stereocenters. The van der Waals surface area contributed by atoms with Crippen LogP contribution in [0.2, 0.25) is 0 Å². The molecule has 1 saturated heterocycles. The summed E-state index contributed by atoms with van der Waals surface area (Å²) >= 11 is 1.90. The summed E-state index contributed by atoms with van der Waals surface area (Å²) in [5, 5.41) is 9.45. The topological polar surface area (TPSA) is 71.8 Å². The fraction of sp³-hybridized carbons (Fsp3) is 0.455. The van der Waals surface area contributed by atoms with E-state index in [0.717, 1.165) is 47.3 Å². The minimum absolute atomic E-state index is 0.0397. The van der Waals surface area contributed by atoms with Gasteiger partial charge in [-0.2, -0.15) is 0 Å².